The first-order valence-corrected chi connectivity index (χ1v) is 8.00. The zero-order valence-electron chi connectivity index (χ0n) is 13.6. The van der Waals surface area contributed by atoms with Crippen LogP contribution in [0.3, 0.4) is 0 Å². The Morgan fingerprint density at radius 3 is 2.84 bits per heavy atom. The lowest BCUT2D eigenvalue weighted by atomic mass is 10.1. The fourth-order valence-electron chi connectivity index (χ4n) is 2.48. The second kappa shape index (κ2) is 7.78. The number of fused-ring (bicyclic) bond motifs is 1. The highest BCUT2D eigenvalue weighted by atomic mass is 16.3. The largest absolute Gasteiger partial charge is 0.446 e. The summed E-state index contributed by atoms with van der Waals surface area (Å²) in [6.07, 6.45) is 1.23. The van der Waals surface area contributed by atoms with E-state index in [2.05, 4.69) is 33.8 Å². The number of aliphatic hydroxyl groups is 1. The zero-order chi connectivity index (χ0) is 17.6. The quantitative estimate of drug-likeness (QED) is 0.487. The molecule has 0 bridgehead atoms. The molecular weight excluding hydrogens is 320 g/mol. The van der Waals surface area contributed by atoms with Crippen LogP contribution < -0.4 is 16.4 Å². The van der Waals surface area contributed by atoms with Crippen LogP contribution in [0.15, 0.2) is 53.1 Å². The van der Waals surface area contributed by atoms with Gasteiger partial charge in [-0.1, -0.05) is 36.4 Å². The smallest absolute Gasteiger partial charge is 0.273 e. The van der Waals surface area contributed by atoms with Crippen LogP contribution in [-0.2, 0) is 0 Å². The molecule has 1 aromatic heterocycles. The maximum Gasteiger partial charge on any atom is 0.273 e. The number of rotatable bonds is 7. The van der Waals surface area contributed by atoms with Crippen LogP contribution in [-0.4, -0.2) is 35.7 Å². The van der Waals surface area contributed by atoms with Crippen LogP contribution in [0.1, 0.15) is 22.4 Å². The average Bonchev–Trinajstić information content (AvgIpc) is 3.15. The van der Waals surface area contributed by atoms with E-state index in [0.29, 0.717) is 13.1 Å². The number of nitrogens with one attached hydrogen (secondary N) is 2. The number of carbonyl (C=O) groups excluding carboxylic acids is 1. The van der Waals surface area contributed by atoms with E-state index in [1.54, 1.807) is 0 Å². The number of hydrogen-bond donors (Lipinski definition) is 4. The summed E-state index contributed by atoms with van der Waals surface area (Å²) in [5.74, 6) is -0.207. The minimum absolute atomic E-state index is 0.140. The van der Waals surface area contributed by atoms with Gasteiger partial charge in [0.15, 0.2) is 5.69 Å². The second-order valence-corrected chi connectivity index (χ2v) is 5.57. The van der Waals surface area contributed by atoms with E-state index < -0.39 is 6.04 Å². The van der Waals surface area contributed by atoms with Gasteiger partial charge in [0.05, 0.1) is 6.61 Å². The van der Waals surface area contributed by atoms with Gasteiger partial charge in [0, 0.05) is 24.2 Å². The Hall–Kier alpha value is -2.90. The van der Waals surface area contributed by atoms with Gasteiger partial charge in [0.25, 0.3) is 5.91 Å². The number of aromatic nitrogens is 1. The standard InChI is InChI=1S/C18H20N4O3/c19-14(10-23)18-22-16(11-25-18)17(24)21-9-8-20-15-7-3-5-12-4-1-2-6-13(12)15/h1-7,11,14,20,23H,8-10,19H2,(H,21,24). The first kappa shape index (κ1) is 16.9. The third-order valence-electron chi connectivity index (χ3n) is 3.78. The number of carbonyl (C=O) groups is 1. The first-order valence-electron chi connectivity index (χ1n) is 8.00. The highest BCUT2D eigenvalue weighted by Gasteiger charge is 2.15. The SMILES string of the molecule is NC(CO)c1nc(C(=O)NCCNc2cccc3ccccc23)co1. The Labute approximate surface area is 144 Å². The average molecular weight is 340 g/mol. The number of amides is 1. The van der Waals surface area contributed by atoms with E-state index in [4.69, 9.17) is 15.3 Å². The summed E-state index contributed by atoms with van der Waals surface area (Å²) in [5, 5.41) is 17.3. The summed E-state index contributed by atoms with van der Waals surface area (Å²) in [6, 6.07) is 13.4. The lowest BCUT2D eigenvalue weighted by molar-refractivity contribution is 0.0950. The molecule has 0 fully saturated rings. The molecule has 0 radical (unpaired) electrons. The van der Waals surface area contributed by atoms with Crippen molar-refractivity contribution in [1.82, 2.24) is 10.3 Å². The van der Waals surface area contributed by atoms with Gasteiger partial charge in [-0.3, -0.25) is 4.79 Å². The van der Waals surface area contributed by atoms with Crippen molar-refractivity contribution >= 4 is 22.4 Å². The molecule has 3 aromatic rings. The first-order chi connectivity index (χ1) is 12.2. The summed E-state index contributed by atoms with van der Waals surface area (Å²) in [6.45, 7) is 0.702. The van der Waals surface area contributed by atoms with Gasteiger partial charge in [0.2, 0.25) is 5.89 Å². The normalized spacial score (nSPS) is 12.1. The Kier molecular flexibility index (Phi) is 5.27. The van der Waals surface area contributed by atoms with Crippen LogP contribution in [0.4, 0.5) is 5.69 Å². The van der Waals surface area contributed by atoms with E-state index in [-0.39, 0.29) is 24.1 Å². The van der Waals surface area contributed by atoms with Gasteiger partial charge in [-0.25, -0.2) is 4.98 Å². The molecule has 5 N–H and O–H groups in total. The third kappa shape index (κ3) is 3.96. The van der Waals surface area contributed by atoms with Crippen LogP contribution in [0.2, 0.25) is 0 Å². The molecule has 0 aliphatic carbocycles. The molecule has 1 unspecified atom stereocenters. The molecule has 0 aliphatic heterocycles. The summed E-state index contributed by atoms with van der Waals surface area (Å²) in [4.78, 5) is 16.0. The molecule has 0 saturated heterocycles. The van der Waals surface area contributed by atoms with Crippen molar-refractivity contribution in [2.45, 2.75) is 6.04 Å². The monoisotopic (exact) mass is 340 g/mol. The molecule has 7 heteroatoms. The zero-order valence-corrected chi connectivity index (χ0v) is 13.6. The maximum atomic E-state index is 12.0. The van der Waals surface area contributed by atoms with Gasteiger partial charge in [-0.05, 0) is 11.5 Å². The number of hydrogen-bond acceptors (Lipinski definition) is 6. The molecule has 0 spiro atoms. The second-order valence-electron chi connectivity index (χ2n) is 5.57. The topological polar surface area (TPSA) is 113 Å². The summed E-state index contributed by atoms with van der Waals surface area (Å²) in [5.41, 5.74) is 6.75. The summed E-state index contributed by atoms with van der Waals surface area (Å²) >= 11 is 0. The number of anilines is 1. The molecular formula is C18H20N4O3. The lowest BCUT2D eigenvalue weighted by Gasteiger charge is -2.10. The molecule has 1 amide bonds. The molecule has 7 nitrogen and oxygen atoms in total. The predicted octanol–water partition coefficient (Wildman–Crippen LogP) is 1.66. The maximum absolute atomic E-state index is 12.0. The van der Waals surface area contributed by atoms with Crippen LogP contribution in [0.25, 0.3) is 10.8 Å². The lowest BCUT2D eigenvalue weighted by Crippen LogP contribution is -2.29. The molecule has 3 rings (SSSR count). The van der Waals surface area contributed by atoms with Crippen molar-refractivity contribution in [1.29, 1.82) is 0 Å². The Balaban J connectivity index is 1.52. The van der Waals surface area contributed by atoms with E-state index in [9.17, 15) is 4.79 Å². The Morgan fingerprint density at radius 2 is 2.00 bits per heavy atom. The van der Waals surface area contributed by atoms with Crippen molar-refractivity contribution in [3.63, 3.8) is 0 Å². The molecule has 130 valence electrons. The minimum atomic E-state index is -0.727. The van der Waals surface area contributed by atoms with Crippen LogP contribution in [0, 0.1) is 0 Å². The third-order valence-corrected chi connectivity index (χ3v) is 3.78. The summed E-state index contributed by atoms with van der Waals surface area (Å²) in [7, 11) is 0. The summed E-state index contributed by atoms with van der Waals surface area (Å²) < 4.78 is 5.09. The van der Waals surface area contributed by atoms with Gasteiger partial charge in [0.1, 0.15) is 12.3 Å². The fraction of sp³-hybridized carbons (Fsp3) is 0.222. The van der Waals surface area contributed by atoms with E-state index in [0.717, 1.165) is 16.5 Å². The van der Waals surface area contributed by atoms with Gasteiger partial charge >= 0.3 is 0 Å². The van der Waals surface area contributed by atoms with Gasteiger partial charge < -0.3 is 25.9 Å². The van der Waals surface area contributed by atoms with E-state index in [1.807, 2.05) is 24.3 Å². The number of nitrogens with zero attached hydrogens (tertiary/aromatic N) is 1. The number of oxazole rings is 1. The minimum Gasteiger partial charge on any atom is -0.446 e. The predicted molar refractivity (Wildman–Crippen MR) is 95.3 cm³/mol. The Bertz CT molecular complexity index is 857. The van der Waals surface area contributed by atoms with Crippen molar-refractivity contribution < 1.29 is 14.3 Å². The molecule has 2 aromatic carbocycles. The van der Waals surface area contributed by atoms with Crippen LogP contribution in [0.5, 0.6) is 0 Å². The van der Waals surface area contributed by atoms with Crippen molar-refractivity contribution in [2.24, 2.45) is 5.73 Å². The number of benzene rings is 2. The highest BCUT2D eigenvalue weighted by Crippen LogP contribution is 2.22. The Morgan fingerprint density at radius 1 is 1.20 bits per heavy atom. The van der Waals surface area contributed by atoms with E-state index in [1.165, 1.54) is 6.26 Å². The molecule has 1 heterocycles. The van der Waals surface area contributed by atoms with Gasteiger partial charge in [-0.15, -0.1) is 0 Å². The number of aliphatic hydroxyl groups excluding tert-OH is 1. The molecule has 1 atom stereocenters. The van der Waals surface area contributed by atoms with Crippen molar-refractivity contribution in [2.75, 3.05) is 25.0 Å². The van der Waals surface area contributed by atoms with Crippen molar-refractivity contribution in [3.8, 4) is 0 Å². The highest BCUT2D eigenvalue weighted by molar-refractivity contribution is 5.94. The molecule has 25 heavy (non-hydrogen) atoms. The fourth-order valence-corrected chi connectivity index (χ4v) is 2.48. The van der Waals surface area contributed by atoms with E-state index >= 15 is 0 Å². The van der Waals surface area contributed by atoms with Gasteiger partial charge in [-0.2, -0.15) is 0 Å². The molecule has 0 saturated carbocycles. The van der Waals surface area contributed by atoms with Crippen LogP contribution >= 0.6 is 0 Å². The molecule has 0 aliphatic rings. The van der Waals surface area contributed by atoms with Crippen molar-refractivity contribution in [3.05, 3.63) is 60.3 Å². The number of nitrogens with two attached hydrogens (primary N) is 1.